The molecule has 3 N–H and O–H groups in total. The number of nitrogens with two attached hydrogens (primary N) is 1. The molecule has 0 bridgehead atoms. The predicted molar refractivity (Wildman–Crippen MR) is 57.7 cm³/mol. The minimum Gasteiger partial charge on any atom is -0.369 e. The fourth-order valence-corrected chi connectivity index (χ4v) is 1.83. The van der Waals surface area contributed by atoms with E-state index in [1.54, 1.807) is 0 Å². The van der Waals surface area contributed by atoms with Gasteiger partial charge in [-0.15, -0.1) is 0 Å². The van der Waals surface area contributed by atoms with Gasteiger partial charge in [0.05, 0.1) is 17.4 Å². The van der Waals surface area contributed by atoms with E-state index in [1.807, 2.05) is 13.8 Å². The monoisotopic (exact) mass is 209 g/mol. The van der Waals surface area contributed by atoms with Gasteiger partial charge >= 0.3 is 0 Å². The lowest BCUT2D eigenvalue weighted by Crippen LogP contribution is -2.44. The Labute approximate surface area is 90.8 Å². The maximum atomic E-state index is 11.1. The van der Waals surface area contributed by atoms with Gasteiger partial charge in [0.1, 0.15) is 0 Å². The quantitative estimate of drug-likeness (QED) is 0.718. The van der Waals surface area contributed by atoms with Crippen molar-refractivity contribution in [1.29, 1.82) is 5.26 Å². The summed E-state index contributed by atoms with van der Waals surface area (Å²) in [5.41, 5.74) is 4.74. The van der Waals surface area contributed by atoms with Crippen LogP contribution in [0.3, 0.4) is 0 Å². The molecule has 0 spiro atoms. The Kier molecular flexibility index (Phi) is 3.70. The van der Waals surface area contributed by atoms with Crippen LogP contribution in [0.15, 0.2) is 0 Å². The summed E-state index contributed by atoms with van der Waals surface area (Å²) in [4.78, 5) is 11.1. The summed E-state index contributed by atoms with van der Waals surface area (Å²) in [6.45, 7) is 4.18. The summed E-state index contributed by atoms with van der Waals surface area (Å²) >= 11 is 0. The Bertz CT molecular complexity index is 280. The van der Waals surface area contributed by atoms with Crippen LogP contribution in [-0.4, -0.2) is 18.5 Å². The minimum atomic E-state index is -0.539. The molecule has 1 aliphatic rings. The third-order valence-electron chi connectivity index (χ3n) is 3.16. The maximum Gasteiger partial charge on any atom is 0.224 e. The summed E-state index contributed by atoms with van der Waals surface area (Å²) in [6.07, 6.45) is 3.07. The molecule has 1 saturated carbocycles. The molecule has 0 aliphatic heterocycles. The highest BCUT2D eigenvalue weighted by atomic mass is 16.1. The van der Waals surface area contributed by atoms with Gasteiger partial charge < -0.3 is 11.1 Å². The first-order chi connectivity index (χ1) is 6.97. The van der Waals surface area contributed by atoms with Crippen molar-refractivity contribution >= 4 is 5.91 Å². The van der Waals surface area contributed by atoms with Gasteiger partial charge in [0.15, 0.2) is 0 Å². The van der Waals surface area contributed by atoms with E-state index in [-0.39, 0.29) is 17.9 Å². The molecule has 4 nitrogen and oxygen atoms in total. The highest BCUT2D eigenvalue weighted by Gasteiger charge is 2.30. The van der Waals surface area contributed by atoms with Gasteiger partial charge in [-0.2, -0.15) is 5.26 Å². The second-order valence-electron chi connectivity index (χ2n) is 4.90. The second-order valence-corrected chi connectivity index (χ2v) is 4.90. The molecule has 1 rings (SSSR count). The molecule has 1 fully saturated rings. The molecule has 0 aromatic rings. The van der Waals surface area contributed by atoms with Gasteiger partial charge in [-0.05, 0) is 26.7 Å². The van der Waals surface area contributed by atoms with E-state index in [4.69, 9.17) is 11.0 Å². The molecular formula is C11H19N3O. The SMILES string of the molecule is CC(C)(CNC1CCCC1C#N)C(N)=O. The predicted octanol–water partition coefficient (Wildman–Crippen LogP) is 0.780. The second kappa shape index (κ2) is 4.63. The zero-order valence-electron chi connectivity index (χ0n) is 9.42. The fraction of sp³-hybridized carbons (Fsp3) is 0.818. The number of hydrogen-bond acceptors (Lipinski definition) is 3. The van der Waals surface area contributed by atoms with E-state index in [1.165, 1.54) is 0 Å². The van der Waals surface area contributed by atoms with E-state index in [2.05, 4.69) is 11.4 Å². The molecular weight excluding hydrogens is 190 g/mol. The zero-order valence-corrected chi connectivity index (χ0v) is 9.42. The Hall–Kier alpha value is -1.08. The fourth-order valence-electron chi connectivity index (χ4n) is 1.83. The van der Waals surface area contributed by atoms with Crippen LogP contribution in [0.4, 0.5) is 0 Å². The van der Waals surface area contributed by atoms with Crippen LogP contribution >= 0.6 is 0 Å². The van der Waals surface area contributed by atoms with Crippen molar-refractivity contribution in [3.8, 4) is 6.07 Å². The Morgan fingerprint density at radius 2 is 2.27 bits per heavy atom. The molecule has 15 heavy (non-hydrogen) atoms. The minimum absolute atomic E-state index is 0.0914. The topological polar surface area (TPSA) is 78.9 Å². The van der Waals surface area contributed by atoms with Crippen LogP contribution in [0, 0.1) is 22.7 Å². The number of amides is 1. The number of primary amides is 1. The van der Waals surface area contributed by atoms with Gasteiger partial charge in [0, 0.05) is 12.6 Å². The first-order valence-corrected chi connectivity index (χ1v) is 5.40. The first-order valence-electron chi connectivity index (χ1n) is 5.40. The summed E-state index contributed by atoms with van der Waals surface area (Å²) in [7, 11) is 0. The molecule has 0 radical (unpaired) electrons. The van der Waals surface area contributed by atoms with Crippen LogP contribution in [-0.2, 0) is 4.79 Å². The van der Waals surface area contributed by atoms with Gasteiger partial charge in [0.2, 0.25) is 5.91 Å². The van der Waals surface area contributed by atoms with Crippen molar-refractivity contribution in [1.82, 2.24) is 5.32 Å². The van der Waals surface area contributed by atoms with Crippen LogP contribution < -0.4 is 11.1 Å². The number of carbonyl (C=O) groups excluding carboxylic acids is 1. The van der Waals surface area contributed by atoms with Crippen LogP contribution in [0.25, 0.3) is 0 Å². The van der Waals surface area contributed by atoms with Crippen LogP contribution in [0.5, 0.6) is 0 Å². The highest BCUT2D eigenvalue weighted by Crippen LogP contribution is 2.25. The Morgan fingerprint density at radius 3 is 2.80 bits per heavy atom. The average Bonchev–Trinajstić information content (AvgIpc) is 2.61. The zero-order chi connectivity index (χ0) is 11.5. The molecule has 4 heteroatoms. The van der Waals surface area contributed by atoms with Crippen LogP contribution in [0.2, 0.25) is 0 Å². The highest BCUT2D eigenvalue weighted by molar-refractivity contribution is 5.80. The summed E-state index contributed by atoms with van der Waals surface area (Å²) in [5.74, 6) is -0.213. The normalized spacial score (nSPS) is 26.2. The largest absolute Gasteiger partial charge is 0.369 e. The third-order valence-corrected chi connectivity index (χ3v) is 3.16. The molecule has 0 aromatic heterocycles. The van der Waals surface area contributed by atoms with Crippen molar-refractivity contribution in [2.45, 2.75) is 39.2 Å². The molecule has 1 amide bonds. The molecule has 1 aliphatic carbocycles. The van der Waals surface area contributed by atoms with E-state index in [0.29, 0.717) is 6.54 Å². The van der Waals surface area contributed by atoms with Crippen molar-refractivity contribution in [2.24, 2.45) is 17.1 Å². The van der Waals surface area contributed by atoms with E-state index in [9.17, 15) is 4.79 Å². The van der Waals surface area contributed by atoms with Crippen molar-refractivity contribution in [3.63, 3.8) is 0 Å². The number of nitriles is 1. The average molecular weight is 209 g/mol. The summed E-state index contributed by atoms with van der Waals surface area (Å²) in [5, 5.41) is 12.2. The van der Waals surface area contributed by atoms with E-state index in [0.717, 1.165) is 19.3 Å². The molecule has 84 valence electrons. The molecule has 0 saturated heterocycles. The van der Waals surface area contributed by atoms with Crippen molar-refractivity contribution in [2.75, 3.05) is 6.54 Å². The van der Waals surface area contributed by atoms with Gasteiger partial charge in [0.25, 0.3) is 0 Å². The maximum absolute atomic E-state index is 11.1. The smallest absolute Gasteiger partial charge is 0.224 e. The number of nitrogens with one attached hydrogen (secondary N) is 1. The lowest BCUT2D eigenvalue weighted by atomic mass is 9.92. The lowest BCUT2D eigenvalue weighted by molar-refractivity contribution is -0.125. The van der Waals surface area contributed by atoms with Gasteiger partial charge in [-0.25, -0.2) is 0 Å². The van der Waals surface area contributed by atoms with Crippen molar-refractivity contribution in [3.05, 3.63) is 0 Å². The Balaban J connectivity index is 2.44. The standard InChI is InChI=1S/C11H19N3O/c1-11(2,10(13)15)7-14-9-5-3-4-8(9)6-12/h8-9,14H,3-5,7H2,1-2H3,(H2,13,15). The van der Waals surface area contributed by atoms with Crippen LogP contribution in [0.1, 0.15) is 33.1 Å². The molecule has 2 atom stereocenters. The van der Waals surface area contributed by atoms with Crippen molar-refractivity contribution < 1.29 is 4.79 Å². The number of rotatable bonds is 4. The Morgan fingerprint density at radius 1 is 1.60 bits per heavy atom. The van der Waals surface area contributed by atoms with E-state index >= 15 is 0 Å². The number of carbonyl (C=O) groups is 1. The third kappa shape index (κ3) is 2.93. The van der Waals surface area contributed by atoms with Gasteiger partial charge in [-0.1, -0.05) is 6.42 Å². The summed E-state index contributed by atoms with van der Waals surface area (Å²) < 4.78 is 0. The van der Waals surface area contributed by atoms with E-state index < -0.39 is 5.41 Å². The molecule has 0 aromatic carbocycles. The number of hydrogen-bond donors (Lipinski definition) is 2. The lowest BCUT2D eigenvalue weighted by Gasteiger charge is -2.24. The van der Waals surface area contributed by atoms with Gasteiger partial charge in [-0.3, -0.25) is 4.79 Å². The number of nitrogens with zero attached hydrogens (tertiary/aromatic N) is 1. The summed E-state index contributed by atoms with van der Waals surface area (Å²) in [6, 6.07) is 2.53. The first kappa shape index (κ1) is 12.0. The molecule has 2 unspecified atom stereocenters. The molecule has 0 heterocycles.